The Kier molecular flexibility index (Phi) is 4.76. The zero-order chi connectivity index (χ0) is 15.5. The van der Waals surface area contributed by atoms with E-state index in [0.717, 1.165) is 0 Å². The summed E-state index contributed by atoms with van der Waals surface area (Å²) in [5.41, 5.74) is 0. The lowest BCUT2D eigenvalue weighted by Gasteiger charge is -2.31. The number of hydrogen-bond acceptors (Lipinski definition) is 6. The first-order chi connectivity index (χ1) is 9.93. The molecule has 0 radical (unpaired) electrons. The van der Waals surface area contributed by atoms with Crippen LogP contribution >= 0.6 is 0 Å². The summed E-state index contributed by atoms with van der Waals surface area (Å²) in [6, 6.07) is 2.87. The van der Waals surface area contributed by atoms with Crippen molar-refractivity contribution < 1.29 is 27.8 Å². The Morgan fingerprint density at radius 2 is 2.33 bits per heavy atom. The van der Waals surface area contributed by atoms with E-state index in [1.807, 2.05) is 0 Å². The first-order valence-corrected chi connectivity index (χ1v) is 7.71. The van der Waals surface area contributed by atoms with E-state index in [1.165, 1.54) is 29.7 Å². The minimum atomic E-state index is -3.71. The van der Waals surface area contributed by atoms with E-state index >= 15 is 0 Å². The van der Waals surface area contributed by atoms with Gasteiger partial charge in [-0.15, -0.1) is 0 Å². The second-order valence-electron chi connectivity index (χ2n) is 4.49. The van der Waals surface area contributed by atoms with Crippen molar-refractivity contribution in [1.29, 1.82) is 0 Å². The number of ether oxygens (including phenoxy) is 2. The van der Waals surface area contributed by atoms with E-state index in [2.05, 4.69) is 4.98 Å². The lowest BCUT2D eigenvalue weighted by atomic mass is 10.2. The van der Waals surface area contributed by atoms with E-state index in [9.17, 15) is 13.2 Å². The van der Waals surface area contributed by atoms with Crippen LogP contribution < -0.4 is 4.74 Å². The van der Waals surface area contributed by atoms with Crippen LogP contribution in [0.25, 0.3) is 0 Å². The monoisotopic (exact) mass is 316 g/mol. The molecule has 2 rings (SSSR count). The van der Waals surface area contributed by atoms with Crippen LogP contribution in [0.1, 0.15) is 6.42 Å². The summed E-state index contributed by atoms with van der Waals surface area (Å²) in [5, 5.41) is 8.76. The summed E-state index contributed by atoms with van der Waals surface area (Å²) in [6.45, 7) is 0.367. The fourth-order valence-electron chi connectivity index (χ4n) is 2.02. The first kappa shape index (κ1) is 15.7. The van der Waals surface area contributed by atoms with Crippen LogP contribution in [0.15, 0.2) is 23.2 Å². The molecule has 1 N–H and O–H groups in total. The van der Waals surface area contributed by atoms with Gasteiger partial charge in [-0.05, 0) is 6.07 Å². The van der Waals surface area contributed by atoms with Crippen molar-refractivity contribution in [2.75, 3.05) is 26.8 Å². The van der Waals surface area contributed by atoms with E-state index in [4.69, 9.17) is 14.6 Å². The second kappa shape index (κ2) is 6.37. The fraction of sp³-hybridized carbons (Fsp3) is 0.500. The molecule has 1 aliphatic heterocycles. The largest absolute Gasteiger partial charge is 0.481 e. The van der Waals surface area contributed by atoms with Gasteiger partial charge in [0.2, 0.25) is 15.9 Å². The number of aromatic nitrogens is 1. The molecule has 0 spiro atoms. The average molecular weight is 316 g/mol. The van der Waals surface area contributed by atoms with Crippen molar-refractivity contribution in [2.45, 2.75) is 17.4 Å². The molecule has 1 atom stereocenters. The summed E-state index contributed by atoms with van der Waals surface area (Å²) in [5.74, 6) is -0.704. The normalized spacial score (nSPS) is 20.1. The Morgan fingerprint density at radius 3 is 2.90 bits per heavy atom. The molecule has 1 unspecified atom stereocenters. The van der Waals surface area contributed by atoms with Crippen LogP contribution in [0.4, 0.5) is 0 Å². The third-order valence-electron chi connectivity index (χ3n) is 3.06. The molecule has 1 saturated heterocycles. The minimum absolute atomic E-state index is 0.0145. The molecule has 0 aliphatic carbocycles. The molecule has 116 valence electrons. The Labute approximate surface area is 122 Å². The lowest BCUT2D eigenvalue weighted by molar-refractivity contribution is -0.141. The number of methoxy groups -OCH3 is 1. The molecule has 1 aromatic rings. The maximum atomic E-state index is 12.5. The molecule has 0 saturated carbocycles. The maximum Gasteiger partial charge on any atom is 0.306 e. The van der Waals surface area contributed by atoms with E-state index in [-0.39, 0.29) is 31.0 Å². The number of hydrogen-bond donors (Lipinski definition) is 1. The van der Waals surface area contributed by atoms with Crippen LogP contribution in [-0.2, 0) is 19.6 Å². The van der Waals surface area contributed by atoms with Crippen molar-refractivity contribution in [3.8, 4) is 5.88 Å². The number of sulfonamides is 1. The molecule has 2 heterocycles. The van der Waals surface area contributed by atoms with Gasteiger partial charge in [0.25, 0.3) is 0 Å². The number of pyridine rings is 1. The van der Waals surface area contributed by atoms with Gasteiger partial charge < -0.3 is 14.6 Å². The minimum Gasteiger partial charge on any atom is -0.481 e. The van der Waals surface area contributed by atoms with Gasteiger partial charge in [-0.2, -0.15) is 4.31 Å². The zero-order valence-corrected chi connectivity index (χ0v) is 12.2. The van der Waals surface area contributed by atoms with Gasteiger partial charge in [0, 0.05) is 19.2 Å². The Hall–Kier alpha value is -1.71. The zero-order valence-electron chi connectivity index (χ0n) is 11.4. The molecule has 1 aliphatic rings. The number of rotatable bonds is 5. The van der Waals surface area contributed by atoms with Crippen LogP contribution in [0.5, 0.6) is 5.88 Å². The first-order valence-electron chi connectivity index (χ1n) is 6.27. The van der Waals surface area contributed by atoms with Crippen LogP contribution in [0, 0.1) is 0 Å². The van der Waals surface area contributed by atoms with E-state index < -0.39 is 22.1 Å². The predicted octanol–water partition coefficient (Wildman–Crippen LogP) is -0.0456. The van der Waals surface area contributed by atoms with Crippen LogP contribution in [0.2, 0.25) is 0 Å². The van der Waals surface area contributed by atoms with Crippen molar-refractivity contribution in [1.82, 2.24) is 9.29 Å². The van der Waals surface area contributed by atoms with Gasteiger partial charge in [-0.25, -0.2) is 13.4 Å². The number of nitrogens with zero attached hydrogens (tertiary/aromatic N) is 2. The summed E-state index contributed by atoms with van der Waals surface area (Å²) in [7, 11) is -2.27. The lowest BCUT2D eigenvalue weighted by Crippen LogP contribution is -2.46. The Bertz CT molecular complexity index is 601. The number of carbonyl (C=O) groups is 1. The van der Waals surface area contributed by atoms with E-state index in [0.29, 0.717) is 5.88 Å². The van der Waals surface area contributed by atoms with E-state index in [1.54, 1.807) is 0 Å². The molecule has 0 bridgehead atoms. The maximum absolute atomic E-state index is 12.5. The molecule has 0 aromatic carbocycles. The van der Waals surface area contributed by atoms with Crippen LogP contribution in [0.3, 0.4) is 0 Å². The van der Waals surface area contributed by atoms with Gasteiger partial charge in [-0.1, -0.05) is 0 Å². The molecule has 0 amide bonds. The highest BCUT2D eigenvalue weighted by Gasteiger charge is 2.31. The number of morpholine rings is 1. The molecule has 21 heavy (non-hydrogen) atoms. The molecular weight excluding hydrogens is 300 g/mol. The average Bonchev–Trinajstić information content (AvgIpc) is 2.47. The number of carboxylic acids is 1. The van der Waals surface area contributed by atoms with Crippen molar-refractivity contribution in [3.05, 3.63) is 18.3 Å². The topological polar surface area (TPSA) is 106 Å². The quantitative estimate of drug-likeness (QED) is 0.812. The van der Waals surface area contributed by atoms with Gasteiger partial charge in [0.1, 0.15) is 4.90 Å². The summed E-state index contributed by atoms with van der Waals surface area (Å²) in [6.07, 6.45) is 0.347. The summed E-state index contributed by atoms with van der Waals surface area (Å²) < 4.78 is 36.3. The third kappa shape index (κ3) is 3.69. The smallest absolute Gasteiger partial charge is 0.306 e. The number of carboxylic acid groups (broad SMARTS) is 1. The van der Waals surface area contributed by atoms with Crippen LogP contribution in [-0.4, -0.2) is 61.7 Å². The third-order valence-corrected chi connectivity index (χ3v) is 4.91. The predicted molar refractivity (Wildman–Crippen MR) is 71.5 cm³/mol. The molecule has 1 aromatic heterocycles. The van der Waals surface area contributed by atoms with Gasteiger partial charge >= 0.3 is 5.97 Å². The molecule has 9 heteroatoms. The summed E-state index contributed by atoms with van der Waals surface area (Å²) >= 11 is 0. The number of aliphatic carboxylic acids is 1. The van der Waals surface area contributed by atoms with Crippen molar-refractivity contribution >= 4 is 16.0 Å². The highest BCUT2D eigenvalue weighted by molar-refractivity contribution is 7.89. The summed E-state index contributed by atoms with van der Waals surface area (Å²) in [4.78, 5) is 14.6. The standard InChI is InChI=1S/C12H16N2O6S/c1-19-11-3-2-10(7-13-11)21(17,18)14-4-5-20-9(8-14)6-12(15)16/h2-3,7,9H,4-6,8H2,1H3,(H,15,16). The van der Waals surface area contributed by atoms with Gasteiger partial charge in [-0.3, -0.25) is 4.79 Å². The highest BCUT2D eigenvalue weighted by Crippen LogP contribution is 2.20. The SMILES string of the molecule is COc1ccc(S(=O)(=O)N2CCOC(CC(=O)O)C2)cn1. The van der Waals surface area contributed by atoms with Gasteiger partial charge in [0.05, 0.1) is 32.4 Å². The van der Waals surface area contributed by atoms with Crippen molar-refractivity contribution in [3.63, 3.8) is 0 Å². The van der Waals surface area contributed by atoms with Crippen molar-refractivity contribution in [2.24, 2.45) is 0 Å². The van der Waals surface area contributed by atoms with Gasteiger partial charge in [0.15, 0.2) is 0 Å². The highest BCUT2D eigenvalue weighted by atomic mass is 32.2. The Balaban J connectivity index is 2.15. The Morgan fingerprint density at radius 1 is 1.57 bits per heavy atom. The molecular formula is C12H16N2O6S. The molecule has 1 fully saturated rings. The second-order valence-corrected chi connectivity index (χ2v) is 6.43. The fourth-order valence-corrected chi connectivity index (χ4v) is 3.42. The molecule has 8 nitrogen and oxygen atoms in total.